The second kappa shape index (κ2) is 24.9. The molecular weight excluding hydrogens is 899 g/mol. The summed E-state index contributed by atoms with van der Waals surface area (Å²) in [4.78, 5) is 97.2. The highest BCUT2D eigenvalue weighted by molar-refractivity contribution is 5.99. The predicted molar refractivity (Wildman–Crippen MR) is 278 cm³/mol. The van der Waals surface area contributed by atoms with E-state index in [2.05, 4.69) is 38.4 Å². The molecule has 15 nitrogen and oxygen atoms in total. The van der Waals surface area contributed by atoms with Crippen molar-refractivity contribution in [3.05, 3.63) is 107 Å². The number of unbranched alkanes of at least 4 members (excludes halogenated alkanes) is 1. The third-order valence-corrected chi connectivity index (χ3v) is 13.0. The Labute approximate surface area is 420 Å². The summed E-state index contributed by atoms with van der Waals surface area (Å²) in [5.74, 6) is 2.70. The van der Waals surface area contributed by atoms with Crippen molar-refractivity contribution in [1.29, 1.82) is 0 Å². The minimum atomic E-state index is -1.08. The van der Waals surface area contributed by atoms with Gasteiger partial charge >= 0.3 is 5.97 Å². The summed E-state index contributed by atoms with van der Waals surface area (Å²) in [5.41, 5.74) is 2.96. The van der Waals surface area contributed by atoms with Gasteiger partial charge in [-0.05, 0) is 92.4 Å². The van der Waals surface area contributed by atoms with Crippen LogP contribution in [0.2, 0.25) is 0 Å². The molecule has 6 amide bonds. The minimum absolute atomic E-state index is 0.0753. The molecule has 1 heterocycles. The van der Waals surface area contributed by atoms with Crippen molar-refractivity contribution in [2.75, 3.05) is 24.3 Å². The number of rotatable bonds is 21. The van der Waals surface area contributed by atoms with Gasteiger partial charge in [0.1, 0.15) is 18.1 Å². The van der Waals surface area contributed by atoms with E-state index in [9.17, 15) is 38.7 Å². The Morgan fingerprint density at radius 3 is 1.99 bits per heavy atom. The summed E-state index contributed by atoms with van der Waals surface area (Å²) in [6.07, 6.45) is 2.76. The summed E-state index contributed by atoms with van der Waals surface area (Å²) in [7, 11) is 3.26. The van der Waals surface area contributed by atoms with Crippen LogP contribution < -0.4 is 31.5 Å². The Morgan fingerprint density at radius 1 is 0.746 bits per heavy atom. The number of amides is 6. The molecule has 0 saturated heterocycles. The molecule has 382 valence electrons. The van der Waals surface area contributed by atoms with Crippen molar-refractivity contribution in [2.24, 2.45) is 17.3 Å². The first-order valence-electron chi connectivity index (χ1n) is 24.4. The van der Waals surface area contributed by atoms with Crippen molar-refractivity contribution in [3.8, 4) is 11.8 Å². The predicted octanol–water partition coefficient (Wildman–Crippen LogP) is 6.69. The lowest BCUT2D eigenvalue weighted by Gasteiger charge is -2.40. The molecular formula is C56H75N7O8. The molecule has 0 unspecified atom stereocenters. The van der Waals surface area contributed by atoms with Gasteiger partial charge in [-0.1, -0.05) is 123 Å². The van der Waals surface area contributed by atoms with E-state index < -0.39 is 64.7 Å². The number of carbonyl (C=O) groups excluding carboxylic acids is 6. The van der Waals surface area contributed by atoms with Crippen molar-refractivity contribution in [1.82, 2.24) is 26.2 Å². The summed E-state index contributed by atoms with van der Waals surface area (Å²) in [6.45, 7) is 20.1. The maximum absolute atomic E-state index is 14.2. The summed E-state index contributed by atoms with van der Waals surface area (Å²) in [6, 6.07) is 18.1. The summed E-state index contributed by atoms with van der Waals surface area (Å²) in [5, 5.41) is 24.1. The summed E-state index contributed by atoms with van der Waals surface area (Å²) >= 11 is 0. The number of aliphatic carboxylic acids is 1. The third kappa shape index (κ3) is 15.1. The first kappa shape index (κ1) is 56.8. The average Bonchev–Trinajstić information content (AvgIpc) is 3.30. The van der Waals surface area contributed by atoms with Crippen LogP contribution in [0.3, 0.4) is 0 Å². The highest BCUT2D eigenvalue weighted by Crippen LogP contribution is 2.31. The van der Waals surface area contributed by atoms with Crippen LogP contribution in [0.5, 0.6) is 0 Å². The van der Waals surface area contributed by atoms with Gasteiger partial charge in [0.25, 0.3) is 0 Å². The Kier molecular flexibility index (Phi) is 19.9. The van der Waals surface area contributed by atoms with Crippen LogP contribution in [0.25, 0.3) is 0 Å². The molecule has 0 radical (unpaired) electrons. The minimum Gasteiger partial charge on any atom is -0.478 e. The van der Waals surface area contributed by atoms with Gasteiger partial charge in [-0.25, -0.2) is 4.79 Å². The third-order valence-electron chi connectivity index (χ3n) is 13.0. The smallest absolute Gasteiger partial charge is 0.331 e. The molecule has 1 aliphatic heterocycles. The van der Waals surface area contributed by atoms with Crippen LogP contribution >= 0.6 is 0 Å². The number of para-hydroxylation sites is 1. The summed E-state index contributed by atoms with van der Waals surface area (Å²) < 4.78 is 0. The van der Waals surface area contributed by atoms with Crippen molar-refractivity contribution >= 4 is 52.8 Å². The second-order valence-corrected chi connectivity index (χ2v) is 20.8. The molecule has 0 saturated carbocycles. The second-order valence-electron chi connectivity index (χ2n) is 20.8. The van der Waals surface area contributed by atoms with Crippen LogP contribution in [-0.4, -0.2) is 95.7 Å². The van der Waals surface area contributed by atoms with Crippen LogP contribution in [0.15, 0.2) is 84.4 Å². The van der Waals surface area contributed by atoms with E-state index in [0.717, 1.165) is 22.4 Å². The fourth-order valence-electron chi connectivity index (χ4n) is 8.59. The first-order chi connectivity index (χ1) is 33.3. The SMILES string of the molecule is CN[C@H](C(=O)N[C@H](C(=O)N(C)[C@H](/C=C(\C)C(=O)O)C(C)C)C(C)(C)C)C(C)(C)c1cccc(NC(=O)[C@H](C)NC(=O)[C@@H](NC(=O)CCCCC(=O)N2Cc3ccccc3C#Cc3ccccc32)C(C)C)c1. The quantitative estimate of drug-likeness (QED) is 0.0382. The molecule has 0 aliphatic carbocycles. The molecule has 5 atom stereocenters. The van der Waals surface area contributed by atoms with Gasteiger partial charge < -0.3 is 41.5 Å². The van der Waals surface area contributed by atoms with Gasteiger partial charge in [0.15, 0.2) is 0 Å². The number of hydrogen-bond donors (Lipinski definition) is 6. The number of hydrogen-bond acceptors (Lipinski definition) is 8. The van der Waals surface area contributed by atoms with Crippen LogP contribution in [-0.2, 0) is 45.5 Å². The molecule has 0 fully saturated rings. The van der Waals surface area contributed by atoms with Gasteiger partial charge in [-0.15, -0.1) is 0 Å². The number of fused-ring (bicyclic) bond motifs is 2. The fourth-order valence-corrected chi connectivity index (χ4v) is 8.59. The molecule has 71 heavy (non-hydrogen) atoms. The van der Waals surface area contributed by atoms with Crippen molar-refractivity contribution in [2.45, 2.75) is 144 Å². The van der Waals surface area contributed by atoms with Gasteiger partial charge in [0.05, 0.1) is 24.3 Å². The van der Waals surface area contributed by atoms with Crippen molar-refractivity contribution < 1.29 is 38.7 Å². The highest BCUT2D eigenvalue weighted by Gasteiger charge is 2.42. The van der Waals surface area contributed by atoms with Gasteiger partial charge in [-0.3, -0.25) is 28.8 Å². The normalized spacial score (nSPS) is 14.7. The molecule has 0 spiro atoms. The number of carboxylic acids is 1. The number of anilines is 2. The zero-order valence-corrected chi connectivity index (χ0v) is 43.8. The number of carbonyl (C=O) groups is 7. The molecule has 3 aromatic rings. The van der Waals surface area contributed by atoms with E-state index in [4.69, 9.17) is 0 Å². The molecule has 0 aromatic heterocycles. The highest BCUT2D eigenvalue weighted by atomic mass is 16.4. The lowest BCUT2D eigenvalue weighted by atomic mass is 9.76. The molecule has 3 aromatic carbocycles. The van der Waals surface area contributed by atoms with E-state index in [1.165, 1.54) is 11.8 Å². The lowest BCUT2D eigenvalue weighted by molar-refractivity contribution is -0.141. The maximum Gasteiger partial charge on any atom is 0.331 e. The zero-order valence-electron chi connectivity index (χ0n) is 43.8. The molecule has 1 aliphatic rings. The molecule has 6 N–H and O–H groups in total. The van der Waals surface area contributed by atoms with Gasteiger partial charge in [-0.2, -0.15) is 0 Å². The Hall–Kier alpha value is -6.79. The number of nitrogens with zero attached hydrogens (tertiary/aromatic N) is 2. The Balaban J connectivity index is 1.35. The van der Waals surface area contributed by atoms with E-state index in [1.807, 2.05) is 103 Å². The Bertz CT molecular complexity index is 2530. The number of likely N-dealkylation sites (N-methyl/N-ethyl adjacent to an activating group) is 2. The van der Waals surface area contributed by atoms with Crippen LogP contribution in [0.1, 0.15) is 124 Å². The molecule has 0 bridgehead atoms. The lowest BCUT2D eigenvalue weighted by Crippen LogP contribution is -2.61. The largest absolute Gasteiger partial charge is 0.478 e. The monoisotopic (exact) mass is 974 g/mol. The maximum atomic E-state index is 14.2. The van der Waals surface area contributed by atoms with Crippen LogP contribution in [0, 0.1) is 29.1 Å². The van der Waals surface area contributed by atoms with Gasteiger partial charge in [0, 0.05) is 47.7 Å². The standard InChI is InChI=1S/C56H75N7O8/c1-34(2)44(31-36(5)54(70)71)62(13)53(69)49(55(7,8)9)61-52(68)48(57-12)56(10,11)41-24-20-25-42(32-41)59-50(66)37(6)58-51(67)47(35(3)4)60-45(64)27-18-19-28-46(65)63-33-40-23-15-14-21-38(40)29-30-39-22-16-17-26-43(39)63/h14-17,20-26,31-32,34-35,37,44,47-49,57H,18-19,27-28,33H2,1-13H3,(H,58,67)(H,59,66)(H,60,64)(H,61,68)(H,70,71)/b36-31+/t37-,44+,47-,48+,49+/m0/s1. The van der Waals surface area contributed by atoms with E-state index in [1.54, 1.807) is 64.0 Å². The molecule has 4 rings (SSSR count). The number of nitrogens with one attached hydrogen (secondary N) is 5. The average molecular weight is 974 g/mol. The van der Waals surface area contributed by atoms with E-state index >= 15 is 0 Å². The van der Waals surface area contributed by atoms with Crippen LogP contribution in [0.4, 0.5) is 11.4 Å². The number of benzene rings is 3. The number of carboxylic acid groups (broad SMARTS) is 1. The van der Waals surface area contributed by atoms with E-state index in [0.29, 0.717) is 30.6 Å². The van der Waals surface area contributed by atoms with Crippen molar-refractivity contribution in [3.63, 3.8) is 0 Å². The zero-order chi connectivity index (χ0) is 53.0. The first-order valence-corrected chi connectivity index (χ1v) is 24.4. The fraction of sp³-hybridized carbons (Fsp3) is 0.482. The van der Waals surface area contributed by atoms with Gasteiger partial charge in [0.2, 0.25) is 35.4 Å². The van der Waals surface area contributed by atoms with E-state index in [-0.39, 0.29) is 48.0 Å². The molecule has 15 heteroatoms. The Morgan fingerprint density at radius 2 is 1.37 bits per heavy atom. The topological polar surface area (TPSA) is 206 Å².